The minimum absolute atomic E-state index is 0.366. The zero-order valence-corrected chi connectivity index (χ0v) is 9.59. The molecule has 6 heteroatoms. The zero-order chi connectivity index (χ0) is 11.6. The Morgan fingerprint density at radius 3 is 2.53 bits per heavy atom. The minimum atomic E-state index is -0.487. The average Bonchev–Trinajstić information content (AvgIpc) is 2.18. The quantitative estimate of drug-likeness (QED) is 0.810. The Labute approximate surface area is 93.0 Å². The van der Waals surface area contributed by atoms with Crippen LogP contribution in [-0.2, 0) is 4.79 Å². The highest BCUT2D eigenvalue weighted by atomic mass is 35.5. The van der Waals surface area contributed by atoms with E-state index in [-0.39, 0.29) is 0 Å². The first kappa shape index (κ1) is 11.7. The predicted molar refractivity (Wildman–Crippen MR) is 58.8 cm³/mol. The molecule has 0 aliphatic heterocycles. The molecule has 1 rings (SSSR count). The summed E-state index contributed by atoms with van der Waals surface area (Å²) in [5.41, 5.74) is 6.83. The van der Waals surface area contributed by atoms with Crippen LogP contribution >= 0.6 is 11.6 Å². The third-order valence-electron chi connectivity index (χ3n) is 2.24. The van der Waals surface area contributed by atoms with Gasteiger partial charge in [0.05, 0.1) is 0 Å². The Bertz CT molecular complexity index is 394. The Morgan fingerprint density at radius 2 is 2.00 bits per heavy atom. The largest absolute Gasteiger partial charge is 0.368 e. The second kappa shape index (κ2) is 4.44. The van der Waals surface area contributed by atoms with Crippen LogP contribution in [-0.4, -0.2) is 22.1 Å². The van der Waals surface area contributed by atoms with E-state index in [2.05, 4.69) is 15.5 Å². The molecule has 0 bridgehead atoms. The maximum absolute atomic E-state index is 10.9. The van der Waals surface area contributed by atoms with Crippen molar-refractivity contribution < 1.29 is 4.79 Å². The number of primary amides is 1. The maximum Gasteiger partial charge on any atom is 0.239 e. The van der Waals surface area contributed by atoms with E-state index in [1.54, 1.807) is 6.92 Å². The van der Waals surface area contributed by atoms with E-state index in [0.717, 1.165) is 11.1 Å². The third-order valence-corrected chi connectivity index (χ3v) is 2.60. The molecule has 1 heterocycles. The molecule has 82 valence electrons. The summed E-state index contributed by atoms with van der Waals surface area (Å²) in [6.45, 7) is 5.35. The Balaban J connectivity index is 2.97. The van der Waals surface area contributed by atoms with E-state index < -0.39 is 11.9 Å². The van der Waals surface area contributed by atoms with Crippen molar-refractivity contribution in [2.45, 2.75) is 26.8 Å². The van der Waals surface area contributed by atoms with Gasteiger partial charge in [-0.25, -0.2) is 0 Å². The normalized spacial score (nSPS) is 12.3. The summed E-state index contributed by atoms with van der Waals surface area (Å²) in [5.74, 6) is 0.0898. The Morgan fingerprint density at radius 1 is 1.40 bits per heavy atom. The van der Waals surface area contributed by atoms with Crippen LogP contribution in [0.1, 0.15) is 18.1 Å². The number of rotatable bonds is 3. The highest BCUT2D eigenvalue weighted by molar-refractivity contribution is 6.30. The van der Waals surface area contributed by atoms with Crippen LogP contribution in [0.4, 0.5) is 5.82 Å². The van der Waals surface area contributed by atoms with Gasteiger partial charge < -0.3 is 11.1 Å². The molecule has 0 aliphatic carbocycles. The molecule has 5 nitrogen and oxygen atoms in total. The molecule has 0 fully saturated rings. The first-order valence-electron chi connectivity index (χ1n) is 4.48. The number of halogens is 1. The van der Waals surface area contributed by atoms with Crippen LogP contribution < -0.4 is 11.1 Å². The molecule has 3 N–H and O–H groups in total. The van der Waals surface area contributed by atoms with Gasteiger partial charge in [-0.2, -0.15) is 0 Å². The molecule has 0 aromatic carbocycles. The fourth-order valence-electron chi connectivity index (χ4n) is 0.990. The molecular weight excluding hydrogens is 216 g/mol. The van der Waals surface area contributed by atoms with Crippen molar-refractivity contribution in [1.29, 1.82) is 0 Å². The molecule has 15 heavy (non-hydrogen) atoms. The molecule has 0 saturated heterocycles. The smallest absolute Gasteiger partial charge is 0.239 e. The number of carbonyl (C=O) groups excluding carboxylic acids is 1. The SMILES string of the molecule is Cc1c(Cl)nnc(NC(C)C(N)=O)c1C. The van der Waals surface area contributed by atoms with E-state index in [9.17, 15) is 4.79 Å². The van der Waals surface area contributed by atoms with E-state index >= 15 is 0 Å². The van der Waals surface area contributed by atoms with Gasteiger partial charge in [0.25, 0.3) is 0 Å². The van der Waals surface area contributed by atoms with Gasteiger partial charge in [0.2, 0.25) is 5.91 Å². The second-order valence-corrected chi connectivity index (χ2v) is 3.72. The number of nitrogens with zero attached hydrogens (tertiary/aromatic N) is 2. The maximum atomic E-state index is 10.9. The Hall–Kier alpha value is -1.36. The van der Waals surface area contributed by atoms with Crippen molar-refractivity contribution in [1.82, 2.24) is 10.2 Å². The second-order valence-electron chi connectivity index (χ2n) is 3.36. The number of amides is 1. The Kier molecular flexibility index (Phi) is 3.47. The lowest BCUT2D eigenvalue weighted by Gasteiger charge is -2.13. The number of anilines is 1. The van der Waals surface area contributed by atoms with Gasteiger partial charge in [0.15, 0.2) is 11.0 Å². The van der Waals surface area contributed by atoms with Crippen molar-refractivity contribution in [3.05, 3.63) is 16.3 Å². The van der Waals surface area contributed by atoms with Crippen LogP contribution in [0.2, 0.25) is 5.15 Å². The van der Waals surface area contributed by atoms with Gasteiger partial charge in [0, 0.05) is 0 Å². The summed E-state index contributed by atoms with van der Waals surface area (Å²) in [6.07, 6.45) is 0. The summed E-state index contributed by atoms with van der Waals surface area (Å²) in [7, 11) is 0. The molecule has 1 aromatic heterocycles. The van der Waals surface area contributed by atoms with Crippen LogP contribution in [0.5, 0.6) is 0 Å². The summed E-state index contributed by atoms with van der Waals surface area (Å²) in [4.78, 5) is 10.9. The van der Waals surface area contributed by atoms with Gasteiger partial charge in [-0.15, -0.1) is 10.2 Å². The van der Waals surface area contributed by atoms with Crippen LogP contribution in [0.25, 0.3) is 0 Å². The van der Waals surface area contributed by atoms with Gasteiger partial charge >= 0.3 is 0 Å². The molecular formula is C9H13ClN4O. The molecule has 1 amide bonds. The molecule has 0 spiro atoms. The van der Waals surface area contributed by atoms with Crippen molar-refractivity contribution in [3.63, 3.8) is 0 Å². The molecule has 0 saturated carbocycles. The van der Waals surface area contributed by atoms with E-state index in [0.29, 0.717) is 11.0 Å². The van der Waals surface area contributed by atoms with Crippen molar-refractivity contribution >= 4 is 23.3 Å². The van der Waals surface area contributed by atoms with Crippen LogP contribution in [0.15, 0.2) is 0 Å². The fraction of sp³-hybridized carbons (Fsp3) is 0.444. The number of nitrogens with one attached hydrogen (secondary N) is 1. The molecule has 1 unspecified atom stereocenters. The van der Waals surface area contributed by atoms with Crippen LogP contribution in [0.3, 0.4) is 0 Å². The number of aromatic nitrogens is 2. The van der Waals surface area contributed by atoms with E-state index in [4.69, 9.17) is 17.3 Å². The number of hydrogen-bond acceptors (Lipinski definition) is 4. The lowest BCUT2D eigenvalue weighted by molar-refractivity contribution is -0.118. The first-order chi connectivity index (χ1) is 6.93. The minimum Gasteiger partial charge on any atom is -0.368 e. The summed E-state index contributed by atoms with van der Waals surface area (Å²) in [6, 6.07) is -0.487. The third kappa shape index (κ3) is 2.56. The monoisotopic (exact) mass is 228 g/mol. The van der Waals surface area contributed by atoms with Gasteiger partial charge in [-0.3, -0.25) is 4.79 Å². The predicted octanol–water partition coefficient (Wildman–Crippen LogP) is 1.03. The van der Waals surface area contributed by atoms with Gasteiger partial charge in [-0.05, 0) is 31.9 Å². The summed E-state index contributed by atoms with van der Waals surface area (Å²) < 4.78 is 0. The molecule has 0 radical (unpaired) electrons. The standard InChI is InChI=1S/C9H13ClN4O/c1-4-5(2)9(14-13-7(4)10)12-6(3)8(11)15/h6H,1-3H3,(H2,11,15)(H,12,14). The number of carbonyl (C=O) groups is 1. The lowest BCUT2D eigenvalue weighted by Crippen LogP contribution is -2.33. The van der Waals surface area contributed by atoms with E-state index in [1.807, 2.05) is 13.8 Å². The van der Waals surface area contributed by atoms with Gasteiger partial charge in [0.1, 0.15) is 6.04 Å². The van der Waals surface area contributed by atoms with Gasteiger partial charge in [-0.1, -0.05) is 11.6 Å². The topological polar surface area (TPSA) is 80.9 Å². The molecule has 1 aromatic rings. The molecule has 0 aliphatic rings. The number of hydrogen-bond donors (Lipinski definition) is 2. The summed E-state index contributed by atoms with van der Waals surface area (Å²) >= 11 is 5.79. The molecule has 1 atom stereocenters. The van der Waals surface area contributed by atoms with Crippen molar-refractivity contribution in [2.24, 2.45) is 5.73 Å². The van der Waals surface area contributed by atoms with Crippen molar-refractivity contribution in [3.8, 4) is 0 Å². The highest BCUT2D eigenvalue weighted by Crippen LogP contribution is 2.20. The summed E-state index contributed by atoms with van der Waals surface area (Å²) in [5, 5.41) is 10.8. The first-order valence-corrected chi connectivity index (χ1v) is 4.86. The average molecular weight is 229 g/mol. The highest BCUT2D eigenvalue weighted by Gasteiger charge is 2.13. The lowest BCUT2D eigenvalue weighted by atomic mass is 10.2. The van der Waals surface area contributed by atoms with E-state index in [1.165, 1.54) is 0 Å². The number of nitrogens with two attached hydrogens (primary N) is 1. The van der Waals surface area contributed by atoms with Crippen molar-refractivity contribution in [2.75, 3.05) is 5.32 Å². The van der Waals surface area contributed by atoms with Crippen LogP contribution in [0, 0.1) is 13.8 Å². The fourth-order valence-corrected chi connectivity index (χ4v) is 1.17. The zero-order valence-electron chi connectivity index (χ0n) is 8.84.